The van der Waals surface area contributed by atoms with Crippen molar-refractivity contribution in [2.75, 3.05) is 19.7 Å². The maximum absolute atomic E-state index is 12.4. The summed E-state index contributed by atoms with van der Waals surface area (Å²) >= 11 is 0. The van der Waals surface area contributed by atoms with Gasteiger partial charge in [0.15, 0.2) is 0 Å². The van der Waals surface area contributed by atoms with Gasteiger partial charge in [0.25, 0.3) is 0 Å². The Bertz CT molecular complexity index is 915. The molecular weight excluding hydrogens is 390 g/mol. The van der Waals surface area contributed by atoms with Gasteiger partial charge >= 0.3 is 0 Å². The molecule has 1 heterocycles. The highest BCUT2D eigenvalue weighted by molar-refractivity contribution is 6.02. The number of hydrogen-bond donors (Lipinski definition) is 1. The zero-order valence-corrected chi connectivity index (χ0v) is 18.6. The molecule has 2 aromatic rings. The number of benzene rings is 2. The van der Waals surface area contributed by atoms with Crippen molar-refractivity contribution in [3.63, 3.8) is 0 Å². The molecule has 6 heteroatoms. The molecule has 31 heavy (non-hydrogen) atoms. The quantitative estimate of drug-likeness (QED) is 0.657. The van der Waals surface area contributed by atoms with Gasteiger partial charge in [0.05, 0.1) is 18.8 Å². The summed E-state index contributed by atoms with van der Waals surface area (Å²) in [5.74, 6) is 0.487. The van der Waals surface area contributed by atoms with Crippen LogP contribution in [0.3, 0.4) is 0 Å². The summed E-state index contributed by atoms with van der Waals surface area (Å²) in [5.41, 5.74) is 3.29. The number of rotatable bonds is 8. The zero-order chi connectivity index (χ0) is 22.3. The minimum Gasteiger partial charge on any atom is -0.492 e. The lowest BCUT2D eigenvalue weighted by molar-refractivity contribution is -0.133. The van der Waals surface area contributed by atoms with Crippen LogP contribution in [-0.4, -0.2) is 42.2 Å². The topological polar surface area (TPSA) is 71.0 Å². The Balaban J connectivity index is 1.34. The fourth-order valence-corrected chi connectivity index (χ4v) is 3.32. The van der Waals surface area contributed by atoms with Crippen LogP contribution in [-0.2, 0) is 15.0 Å². The summed E-state index contributed by atoms with van der Waals surface area (Å²) in [6, 6.07) is 17.8. The van der Waals surface area contributed by atoms with Crippen LogP contribution >= 0.6 is 0 Å². The molecule has 0 radical (unpaired) electrons. The Labute approximate surface area is 184 Å². The standard InChI is InChI=1S/C25H31N3O3/c1-25(2,3)20-9-11-21(12-10-20)31-18-16-26-23(29)13-14-24(30)28-17-15-22(27-28)19-7-5-4-6-8-19/h4-12H,13-18H2,1-3H3,(H,26,29). The predicted octanol–water partition coefficient (Wildman–Crippen LogP) is 3.90. The second kappa shape index (κ2) is 10.2. The second-order valence-corrected chi connectivity index (χ2v) is 8.65. The molecule has 0 aromatic heterocycles. The summed E-state index contributed by atoms with van der Waals surface area (Å²) in [4.78, 5) is 24.4. The van der Waals surface area contributed by atoms with Gasteiger partial charge in [0, 0.05) is 19.3 Å². The summed E-state index contributed by atoms with van der Waals surface area (Å²) in [6.07, 6.45) is 1.02. The third-order valence-electron chi connectivity index (χ3n) is 5.18. The highest BCUT2D eigenvalue weighted by Gasteiger charge is 2.21. The molecule has 6 nitrogen and oxygen atoms in total. The first-order chi connectivity index (χ1) is 14.8. The number of carbonyl (C=O) groups excluding carboxylic acids is 2. The Hall–Kier alpha value is -3.15. The number of hydrogen-bond acceptors (Lipinski definition) is 4. The van der Waals surface area contributed by atoms with E-state index in [1.54, 1.807) is 0 Å². The lowest BCUT2D eigenvalue weighted by Gasteiger charge is -2.19. The summed E-state index contributed by atoms with van der Waals surface area (Å²) in [7, 11) is 0. The fourth-order valence-electron chi connectivity index (χ4n) is 3.32. The SMILES string of the molecule is CC(C)(C)c1ccc(OCCNC(=O)CCC(=O)N2CCC(c3ccccc3)=N2)cc1. The molecule has 0 aliphatic carbocycles. The van der Waals surface area contributed by atoms with Gasteiger partial charge in [0.2, 0.25) is 11.8 Å². The Kier molecular flexibility index (Phi) is 7.45. The van der Waals surface area contributed by atoms with Gasteiger partial charge in [-0.2, -0.15) is 5.10 Å². The lowest BCUT2D eigenvalue weighted by Crippen LogP contribution is -2.30. The zero-order valence-electron chi connectivity index (χ0n) is 18.6. The first kappa shape index (κ1) is 22.5. The molecule has 164 valence electrons. The number of amides is 2. The number of carbonyl (C=O) groups is 2. The summed E-state index contributed by atoms with van der Waals surface area (Å²) < 4.78 is 5.68. The van der Waals surface area contributed by atoms with Gasteiger partial charge in [0.1, 0.15) is 12.4 Å². The van der Waals surface area contributed by atoms with E-state index in [1.807, 2.05) is 42.5 Å². The van der Waals surface area contributed by atoms with Crippen LogP contribution < -0.4 is 10.1 Å². The molecule has 0 unspecified atom stereocenters. The highest BCUT2D eigenvalue weighted by Crippen LogP contribution is 2.24. The average molecular weight is 422 g/mol. The van der Waals surface area contributed by atoms with Crippen molar-refractivity contribution in [2.45, 2.75) is 45.4 Å². The molecule has 0 fully saturated rings. The predicted molar refractivity (Wildman–Crippen MR) is 122 cm³/mol. The van der Waals surface area contributed by atoms with Crippen molar-refractivity contribution in [3.05, 3.63) is 65.7 Å². The molecule has 2 aromatic carbocycles. The van der Waals surface area contributed by atoms with Crippen LogP contribution in [0, 0.1) is 0 Å². The van der Waals surface area contributed by atoms with Crippen LogP contribution in [0.2, 0.25) is 0 Å². The minimum atomic E-state index is -0.161. The van der Waals surface area contributed by atoms with E-state index < -0.39 is 0 Å². The van der Waals surface area contributed by atoms with Crippen molar-refractivity contribution in [2.24, 2.45) is 5.10 Å². The average Bonchev–Trinajstić information content (AvgIpc) is 3.26. The van der Waals surface area contributed by atoms with Gasteiger partial charge in [-0.1, -0.05) is 63.2 Å². The minimum absolute atomic E-state index is 0.105. The molecule has 0 spiro atoms. The van der Waals surface area contributed by atoms with Crippen molar-refractivity contribution < 1.29 is 14.3 Å². The van der Waals surface area contributed by atoms with Crippen molar-refractivity contribution >= 4 is 17.5 Å². The Morgan fingerprint density at radius 2 is 1.74 bits per heavy atom. The van der Waals surface area contributed by atoms with Gasteiger partial charge in [-0.15, -0.1) is 0 Å². The van der Waals surface area contributed by atoms with Gasteiger partial charge in [-0.05, 0) is 28.7 Å². The fraction of sp³-hybridized carbons (Fsp3) is 0.400. The lowest BCUT2D eigenvalue weighted by atomic mass is 9.87. The smallest absolute Gasteiger partial charge is 0.243 e. The molecule has 0 saturated heterocycles. The Morgan fingerprint density at radius 1 is 1.03 bits per heavy atom. The molecule has 0 saturated carbocycles. The van der Waals surface area contributed by atoms with Gasteiger partial charge in [-0.25, -0.2) is 5.01 Å². The molecule has 3 rings (SSSR count). The highest BCUT2D eigenvalue weighted by atomic mass is 16.5. The van der Waals surface area contributed by atoms with E-state index in [0.29, 0.717) is 19.7 Å². The van der Waals surface area contributed by atoms with Crippen LogP contribution in [0.1, 0.15) is 51.2 Å². The van der Waals surface area contributed by atoms with Crippen molar-refractivity contribution in [1.82, 2.24) is 10.3 Å². The third kappa shape index (κ3) is 6.67. The van der Waals surface area contributed by atoms with E-state index >= 15 is 0 Å². The van der Waals surface area contributed by atoms with E-state index in [-0.39, 0.29) is 30.1 Å². The molecule has 1 N–H and O–H groups in total. The number of ether oxygens (including phenoxy) is 1. The van der Waals surface area contributed by atoms with E-state index in [0.717, 1.165) is 23.4 Å². The summed E-state index contributed by atoms with van der Waals surface area (Å²) in [5, 5.41) is 8.69. The Morgan fingerprint density at radius 3 is 2.42 bits per heavy atom. The number of nitrogens with zero attached hydrogens (tertiary/aromatic N) is 2. The van der Waals surface area contributed by atoms with Crippen molar-refractivity contribution in [1.29, 1.82) is 0 Å². The molecule has 2 amide bonds. The number of nitrogens with one attached hydrogen (secondary N) is 1. The maximum atomic E-state index is 12.4. The van der Waals surface area contributed by atoms with Crippen LogP contribution in [0.15, 0.2) is 59.7 Å². The normalized spacial score (nSPS) is 13.6. The van der Waals surface area contributed by atoms with E-state index in [9.17, 15) is 9.59 Å². The summed E-state index contributed by atoms with van der Waals surface area (Å²) in [6.45, 7) is 7.84. The maximum Gasteiger partial charge on any atom is 0.243 e. The van der Waals surface area contributed by atoms with Crippen LogP contribution in [0.25, 0.3) is 0 Å². The molecule has 0 bridgehead atoms. The van der Waals surface area contributed by atoms with Crippen LogP contribution in [0.5, 0.6) is 5.75 Å². The first-order valence-electron chi connectivity index (χ1n) is 10.8. The molecule has 1 aliphatic rings. The largest absolute Gasteiger partial charge is 0.492 e. The van der Waals surface area contributed by atoms with Gasteiger partial charge < -0.3 is 10.1 Å². The second-order valence-electron chi connectivity index (χ2n) is 8.65. The van der Waals surface area contributed by atoms with E-state index in [4.69, 9.17) is 4.74 Å². The van der Waals surface area contributed by atoms with Crippen molar-refractivity contribution in [3.8, 4) is 5.75 Å². The number of hydrazone groups is 1. The molecule has 1 aliphatic heterocycles. The molecule has 0 atom stereocenters. The monoisotopic (exact) mass is 421 g/mol. The van der Waals surface area contributed by atoms with E-state index in [2.05, 4.69) is 43.3 Å². The van der Waals surface area contributed by atoms with E-state index in [1.165, 1.54) is 10.6 Å². The molecular formula is C25H31N3O3. The van der Waals surface area contributed by atoms with Gasteiger partial charge in [-0.3, -0.25) is 9.59 Å². The van der Waals surface area contributed by atoms with Crippen LogP contribution in [0.4, 0.5) is 0 Å². The third-order valence-corrected chi connectivity index (χ3v) is 5.18. The first-order valence-corrected chi connectivity index (χ1v) is 10.8.